The predicted molar refractivity (Wildman–Crippen MR) is 96.4 cm³/mol. The third-order valence-electron chi connectivity index (χ3n) is 3.82. The van der Waals surface area contributed by atoms with Crippen molar-refractivity contribution in [1.82, 2.24) is 19.7 Å². The van der Waals surface area contributed by atoms with E-state index in [0.717, 1.165) is 22.8 Å². The van der Waals surface area contributed by atoms with Crippen molar-refractivity contribution in [2.75, 3.05) is 17.7 Å². The Bertz CT molecular complexity index is 932. The summed E-state index contributed by atoms with van der Waals surface area (Å²) in [6.45, 7) is 3.74. The highest BCUT2D eigenvalue weighted by molar-refractivity contribution is 5.96. The molecule has 0 unspecified atom stereocenters. The third kappa shape index (κ3) is 3.27. The first kappa shape index (κ1) is 16.4. The molecule has 1 aromatic carbocycles. The lowest BCUT2D eigenvalue weighted by Gasteiger charge is -2.13. The molecule has 0 aliphatic carbocycles. The van der Waals surface area contributed by atoms with Crippen LogP contribution in [0.2, 0.25) is 0 Å². The van der Waals surface area contributed by atoms with Crippen molar-refractivity contribution in [3.8, 4) is 5.82 Å². The largest absolute Gasteiger partial charge is 0.373 e. The molecule has 128 valence electrons. The highest BCUT2D eigenvalue weighted by Gasteiger charge is 2.13. The lowest BCUT2D eigenvalue weighted by Crippen LogP contribution is -2.13. The fourth-order valence-electron chi connectivity index (χ4n) is 2.54. The highest BCUT2D eigenvalue weighted by Crippen LogP contribution is 2.25. The van der Waals surface area contributed by atoms with E-state index in [9.17, 15) is 4.79 Å². The van der Waals surface area contributed by atoms with E-state index in [-0.39, 0.29) is 0 Å². The van der Waals surface area contributed by atoms with Crippen LogP contribution in [0.5, 0.6) is 0 Å². The molecule has 2 heterocycles. The summed E-state index contributed by atoms with van der Waals surface area (Å²) >= 11 is 0. The van der Waals surface area contributed by atoms with E-state index in [1.807, 2.05) is 26.0 Å². The van der Waals surface area contributed by atoms with Crippen LogP contribution >= 0.6 is 0 Å². The summed E-state index contributed by atoms with van der Waals surface area (Å²) < 4.78 is 1.69. The molecule has 0 aliphatic rings. The van der Waals surface area contributed by atoms with Crippen LogP contribution in [0.1, 0.15) is 21.6 Å². The molecule has 8 nitrogen and oxygen atoms in total. The van der Waals surface area contributed by atoms with Gasteiger partial charge in [0.15, 0.2) is 5.82 Å². The van der Waals surface area contributed by atoms with Crippen LogP contribution in [-0.2, 0) is 0 Å². The number of nitrogens with zero attached hydrogens (tertiary/aromatic N) is 4. The number of nitrogens with two attached hydrogens (primary N) is 1. The Morgan fingerprint density at radius 2 is 2.00 bits per heavy atom. The minimum absolute atomic E-state index is 0.458. The number of carbonyl (C=O) groups excluding carboxylic acids is 1. The molecule has 0 radical (unpaired) electrons. The van der Waals surface area contributed by atoms with Crippen LogP contribution in [-0.4, -0.2) is 32.7 Å². The lowest BCUT2D eigenvalue weighted by molar-refractivity contribution is 0.1000. The van der Waals surface area contributed by atoms with Gasteiger partial charge in [0.1, 0.15) is 18.0 Å². The van der Waals surface area contributed by atoms with E-state index >= 15 is 0 Å². The van der Waals surface area contributed by atoms with Crippen LogP contribution in [0.15, 0.2) is 36.7 Å². The number of nitrogens with one attached hydrogen (secondary N) is 2. The summed E-state index contributed by atoms with van der Waals surface area (Å²) in [5.41, 5.74) is 8.29. The zero-order valence-electron chi connectivity index (χ0n) is 14.2. The number of aryl methyl sites for hydroxylation is 1. The number of hydrogen-bond donors (Lipinski definition) is 3. The third-order valence-corrected chi connectivity index (χ3v) is 3.82. The Hall–Kier alpha value is -3.42. The van der Waals surface area contributed by atoms with Gasteiger partial charge in [0.2, 0.25) is 5.91 Å². The molecular weight excluding hydrogens is 318 g/mol. The fraction of sp³-hybridized carbons (Fsp3) is 0.176. The normalized spacial score (nSPS) is 10.5. The number of benzene rings is 1. The van der Waals surface area contributed by atoms with E-state index in [1.165, 1.54) is 6.33 Å². The van der Waals surface area contributed by atoms with Crippen molar-refractivity contribution in [2.24, 2.45) is 5.73 Å². The topological polar surface area (TPSA) is 111 Å². The first-order valence-corrected chi connectivity index (χ1v) is 7.73. The number of primary amides is 1. The SMILES string of the molecule is CNc1cc(-n2nc(C)cc2Nc2cccc(C(N)=O)c2C)ncn1. The summed E-state index contributed by atoms with van der Waals surface area (Å²) in [4.78, 5) is 19.9. The Kier molecular flexibility index (Phi) is 4.34. The van der Waals surface area contributed by atoms with Gasteiger partial charge in [-0.15, -0.1) is 0 Å². The summed E-state index contributed by atoms with van der Waals surface area (Å²) in [7, 11) is 1.79. The number of hydrogen-bond acceptors (Lipinski definition) is 6. The first-order chi connectivity index (χ1) is 12.0. The van der Waals surface area contributed by atoms with Crippen LogP contribution in [0, 0.1) is 13.8 Å². The molecule has 0 saturated heterocycles. The first-order valence-electron chi connectivity index (χ1n) is 7.73. The van der Waals surface area contributed by atoms with E-state index in [2.05, 4.69) is 25.7 Å². The fourth-order valence-corrected chi connectivity index (χ4v) is 2.54. The molecule has 0 saturated carbocycles. The molecule has 0 fully saturated rings. The van der Waals surface area contributed by atoms with Crippen molar-refractivity contribution in [3.05, 3.63) is 53.5 Å². The second-order valence-corrected chi connectivity index (χ2v) is 5.56. The van der Waals surface area contributed by atoms with Gasteiger partial charge in [-0.3, -0.25) is 4.79 Å². The Balaban J connectivity index is 2.02. The molecule has 8 heteroatoms. The van der Waals surface area contributed by atoms with Crippen LogP contribution in [0.4, 0.5) is 17.3 Å². The Labute approximate surface area is 145 Å². The van der Waals surface area contributed by atoms with Gasteiger partial charge in [-0.2, -0.15) is 9.78 Å². The van der Waals surface area contributed by atoms with Crippen LogP contribution in [0.25, 0.3) is 5.82 Å². The highest BCUT2D eigenvalue weighted by atomic mass is 16.1. The van der Waals surface area contributed by atoms with Gasteiger partial charge >= 0.3 is 0 Å². The van der Waals surface area contributed by atoms with Crippen molar-refractivity contribution in [3.63, 3.8) is 0 Å². The maximum absolute atomic E-state index is 11.5. The second kappa shape index (κ2) is 6.60. The van der Waals surface area contributed by atoms with Gasteiger partial charge in [-0.05, 0) is 31.5 Å². The average Bonchev–Trinajstić information content (AvgIpc) is 2.97. The maximum atomic E-state index is 11.5. The van der Waals surface area contributed by atoms with Gasteiger partial charge < -0.3 is 16.4 Å². The van der Waals surface area contributed by atoms with Gasteiger partial charge in [-0.1, -0.05) is 6.07 Å². The van der Waals surface area contributed by atoms with Gasteiger partial charge in [0.25, 0.3) is 0 Å². The number of anilines is 3. The molecule has 3 aromatic rings. The average molecular weight is 337 g/mol. The molecular formula is C17H19N7O. The second-order valence-electron chi connectivity index (χ2n) is 5.56. The quantitative estimate of drug-likeness (QED) is 0.658. The molecule has 0 spiro atoms. The van der Waals surface area contributed by atoms with Crippen molar-refractivity contribution in [2.45, 2.75) is 13.8 Å². The monoisotopic (exact) mass is 337 g/mol. The molecule has 0 atom stereocenters. The number of aromatic nitrogens is 4. The van der Waals surface area contributed by atoms with E-state index in [4.69, 9.17) is 5.73 Å². The Morgan fingerprint density at radius 1 is 1.20 bits per heavy atom. The molecule has 3 rings (SSSR count). The minimum atomic E-state index is -0.458. The zero-order valence-corrected chi connectivity index (χ0v) is 14.2. The summed E-state index contributed by atoms with van der Waals surface area (Å²) in [6, 6.07) is 9.07. The summed E-state index contributed by atoms with van der Waals surface area (Å²) in [5.74, 6) is 1.58. The van der Waals surface area contributed by atoms with Gasteiger partial charge in [0, 0.05) is 30.4 Å². The van der Waals surface area contributed by atoms with Crippen molar-refractivity contribution in [1.29, 1.82) is 0 Å². The standard InChI is InChI=1S/C17H19N7O/c1-10-7-16(22-13-6-4-5-12(11(13)2)17(18)25)24(23-10)15-8-14(19-3)20-9-21-15/h4-9,22H,1-3H3,(H2,18,25)(H,19,20,21). The summed E-state index contributed by atoms with van der Waals surface area (Å²) in [5, 5.41) is 10.8. The van der Waals surface area contributed by atoms with Gasteiger partial charge in [0.05, 0.1) is 5.69 Å². The Morgan fingerprint density at radius 3 is 2.72 bits per heavy atom. The minimum Gasteiger partial charge on any atom is -0.373 e. The zero-order chi connectivity index (χ0) is 18.0. The molecule has 25 heavy (non-hydrogen) atoms. The number of carbonyl (C=O) groups is 1. The van der Waals surface area contributed by atoms with E-state index in [0.29, 0.717) is 17.2 Å². The number of amides is 1. The van der Waals surface area contributed by atoms with E-state index < -0.39 is 5.91 Å². The van der Waals surface area contributed by atoms with Crippen molar-refractivity contribution >= 4 is 23.2 Å². The van der Waals surface area contributed by atoms with Crippen LogP contribution < -0.4 is 16.4 Å². The molecule has 4 N–H and O–H groups in total. The van der Waals surface area contributed by atoms with Crippen molar-refractivity contribution < 1.29 is 4.79 Å². The number of rotatable bonds is 5. The lowest BCUT2D eigenvalue weighted by atomic mass is 10.1. The maximum Gasteiger partial charge on any atom is 0.249 e. The molecule has 1 amide bonds. The molecule has 0 aliphatic heterocycles. The predicted octanol–water partition coefficient (Wildman–Crippen LogP) is 2.16. The smallest absolute Gasteiger partial charge is 0.249 e. The van der Waals surface area contributed by atoms with E-state index in [1.54, 1.807) is 29.9 Å². The molecule has 2 aromatic heterocycles. The van der Waals surface area contributed by atoms with Crippen LogP contribution in [0.3, 0.4) is 0 Å². The summed E-state index contributed by atoms with van der Waals surface area (Å²) in [6.07, 6.45) is 1.47. The molecule has 0 bridgehead atoms. The van der Waals surface area contributed by atoms with Gasteiger partial charge in [-0.25, -0.2) is 9.97 Å².